The molecule has 0 saturated carbocycles. The zero-order valence-electron chi connectivity index (χ0n) is 11.0. The van der Waals surface area contributed by atoms with E-state index in [0.29, 0.717) is 17.5 Å². The summed E-state index contributed by atoms with van der Waals surface area (Å²) in [6.45, 7) is 3.59. The van der Waals surface area contributed by atoms with Gasteiger partial charge in [-0.25, -0.2) is 15.8 Å². The first kappa shape index (κ1) is 13.7. The van der Waals surface area contributed by atoms with E-state index in [9.17, 15) is 10.1 Å². The fourth-order valence-corrected chi connectivity index (χ4v) is 1.63. The maximum absolute atomic E-state index is 10.8. The van der Waals surface area contributed by atoms with Gasteiger partial charge in [-0.15, -0.1) is 0 Å². The zero-order valence-corrected chi connectivity index (χ0v) is 11.0. The number of nitrogen functional groups attached to an aromatic ring is 1. The van der Waals surface area contributed by atoms with Crippen LogP contribution in [-0.2, 0) is 0 Å². The van der Waals surface area contributed by atoms with Crippen molar-refractivity contribution in [1.29, 1.82) is 0 Å². The molecule has 0 bridgehead atoms. The van der Waals surface area contributed by atoms with E-state index in [1.807, 2.05) is 0 Å². The van der Waals surface area contributed by atoms with Crippen molar-refractivity contribution in [2.75, 3.05) is 10.7 Å². The molecule has 0 aliphatic carbocycles. The molecule has 0 aliphatic rings. The predicted octanol–water partition coefficient (Wildman–Crippen LogP) is 1.74. The first-order valence-corrected chi connectivity index (χ1v) is 5.81. The van der Waals surface area contributed by atoms with Crippen molar-refractivity contribution < 1.29 is 9.34 Å². The predicted molar refractivity (Wildman–Crippen MR) is 72.0 cm³/mol. The summed E-state index contributed by atoms with van der Waals surface area (Å²) in [4.78, 5) is 18.5. The highest BCUT2D eigenvalue weighted by Gasteiger charge is 2.15. The maximum Gasteiger partial charge on any atom is 0.276 e. The van der Waals surface area contributed by atoms with Gasteiger partial charge in [0.25, 0.3) is 5.69 Å². The maximum atomic E-state index is 10.8. The standard InChI is InChI=1S/C11H14N6O3/c1-6-5-13-11(20-6)7(2)14-9-3-8(17(18)19)4-10(15-9)16-12/h3-5,7H,12H2,1-2H3,(H2,14,15,16). The largest absolute Gasteiger partial charge is 0.444 e. The Hall–Kier alpha value is -2.68. The molecule has 0 aromatic carbocycles. The van der Waals surface area contributed by atoms with Gasteiger partial charge < -0.3 is 15.2 Å². The third-order valence-electron chi connectivity index (χ3n) is 2.54. The number of aromatic nitrogens is 2. The van der Waals surface area contributed by atoms with Crippen molar-refractivity contribution in [3.05, 3.63) is 40.1 Å². The lowest BCUT2D eigenvalue weighted by Gasteiger charge is -2.11. The summed E-state index contributed by atoms with van der Waals surface area (Å²) in [5.74, 6) is 6.89. The van der Waals surface area contributed by atoms with E-state index in [4.69, 9.17) is 10.3 Å². The number of nitrogens with one attached hydrogen (secondary N) is 2. The number of nitro groups is 1. The van der Waals surface area contributed by atoms with Gasteiger partial charge in [0, 0.05) is 0 Å². The van der Waals surface area contributed by atoms with E-state index in [2.05, 4.69) is 20.7 Å². The van der Waals surface area contributed by atoms with Gasteiger partial charge in [-0.3, -0.25) is 10.1 Å². The van der Waals surface area contributed by atoms with E-state index < -0.39 is 4.92 Å². The Morgan fingerprint density at radius 1 is 1.45 bits per heavy atom. The van der Waals surface area contributed by atoms with Gasteiger partial charge in [0.1, 0.15) is 23.4 Å². The summed E-state index contributed by atoms with van der Waals surface area (Å²) < 4.78 is 5.38. The number of hydrazine groups is 1. The van der Waals surface area contributed by atoms with Gasteiger partial charge in [0.2, 0.25) is 5.89 Å². The van der Waals surface area contributed by atoms with Gasteiger partial charge >= 0.3 is 0 Å². The number of nitrogens with two attached hydrogens (primary N) is 1. The molecule has 1 unspecified atom stereocenters. The lowest BCUT2D eigenvalue weighted by Crippen LogP contribution is -2.12. The Morgan fingerprint density at radius 2 is 2.15 bits per heavy atom. The van der Waals surface area contributed by atoms with E-state index in [1.165, 1.54) is 12.1 Å². The highest BCUT2D eigenvalue weighted by atomic mass is 16.6. The minimum atomic E-state index is -0.520. The molecule has 2 aromatic rings. The Kier molecular flexibility index (Phi) is 3.80. The van der Waals surface area contributed by atoms with Crippen molar-refractivity contribution in [2.45, 2.75) is 19.9 Å². The number of aryl methyl sites for hydroxylation is 1. The van der Waals surface area contributed by atoms with E-state index in [-0.39, 0.29) is 17.5 Å². The molecule has 2 heterocycles. The van der Waals surface area contributed by atoms with Crippen LogP contribution in [0.25, 0.3) is 0 Å². The summed E-state index contributed by atoms with van der Waals surface area (Å²) in [5.41, 5.74) is 2.17. The fraction of sp³-hybridized carbons (Fsp3) is 0.273. The molecule has 9 heteroatoms. The molecule has 0 fully saturated rings. The minimum absolute atomic E-state index is 0.119. The number of hydrogen-bond donors (Lipinski definition) is 3. The van der Waals surface area contributed by atoms with Gasteiger partial charge in [-0.05, 0) is 13.8 Å². The van der Waals surface area contributed by atoms with Crippen LogP contribution >= 0.6 is 0 Å². The Labute approximate surface area is 114 Å². The molecular formula is C11H14N6O3. The average molecular weight is 278 g/mol. The Balaban J connectivity index is 2.24. The zero-order chi connectivity index (χ0) is 14.7. The topological polar surface area (TPSA) is 132 Å². The third-order valence-corrected chi connectivity index (χ3v) is 2.54. The van der Waals surface area contributed by atoms with Crippen LogP contribution in [0.4, 0.5) is 17.3 Å². The first-order chi connectivity index (χ1) is 9.49. The summed E-state index contributed by atoms with van der Waals surface area (Å²) in [6.07, 6.45) is 1.60. The molecule has 0 amide bonds. The number of hydrogen-bond acceptors (Lipinski definition) is 8. The normalized spacial score (nSPS) is 11.9. The lowest BCUT2D eigenvalue weighted by molar-refractivity contribution is -0.384. The summed E-state index contributed by atoms with van der Waals surface area (Å²) >= 11 is 0. The quantitative estimate of drug-likeness (QED) is 0.428. The van der Waals surface area contributed by atoms with E-state index >= 15 is 0 Å². The monoisotopic (exact) mass is 278 g/mol. The number of rotatable bonds is 5. The van der Waals surface area contributed by atoms with E-state index in [1.54, 1.807) is 20.0 Å². The summed E-state index contributed by atoms with van der Waals surface area (Å²) in [6, 6.07) is 2.27. The Morgan fingerprint density at radius 3 is 2.70 bits per heavy atom. The van der Waals surface area contributed by atoms with Gasteiger partial charge in [-0.1, -0.05) is 0 Å². The molecule has 0 aliphatic heterocycles. The van der Waals surface area contributed by atoms with Crippen LogP contribution in [0.15, 0.2) is 22.7 Å². The van der Waals surface area contributed by atoms with Crippen molar-refractivity contribution >= 4 is 17.3 Å². The lowest BCUT2D eigenvalue weighted by atomic mass is 10.3. The summed E-state index contributed by atoms with van der Waals surface area (Å²) in [5, 5.41) is 13.8. The van der Waals surface area contributed by atoms with Crippen LogP contribution in [0.2, 0.25) is 0 Å². The second-order valence-corrected chi connectivity index (χ2v) is 4.17. The molecule has 0 radical (unpaired) electrons. The molecular weight excluding hydrogens is 264 g/mol. The minimum Gasteiger partial charge on any atom is -0.444 e. The van der Waals surface area contributed by atoms with Gasteiger partial charge in [0.05, 0.1) is 23.3 Å². The van der Waals surface area contributed by atoms with Gasteiger partial charge in [0.15, 0.2) is 0 Å². The Bertz CT molecular complexity index is 626. The van der Waals surface area contributed by atoms with Crippen molar-refractivity contribution in [2.24, 2.45) is 5.84 Å². The number of anilines is 2. The summed E-state index contributed by atoms with van der Waals surface area (Å²) in [7, 11) is 0. The third kappa shape index (κ3) is 3.01. The molecule has 2 rings (SSSR count). The highest BCUT2D eigenvalue weighted by Crippen LogP contribution is 2.23. The average Bonchev–Trinajstić information content (AvgIpc) is 2.85. The molecule has 2 aromatic heterocycles. The van der Waals surface area contributed by atoms with Crippen molar-refractivity contribution in [3.8, 4) is 0 Å². The molecule has 4 N–H and O–H groups in total. The van der Waals surface area contributed by atoms with Crippen LogP contribution in [0.1, 0.15) is 24.6 Å². The van der Waals surface area contributed by atoms with Crippen LogP contribution < -0.4 is 16.6 Å². The number of pyridine rings is 1. The molecule has 9 nitrogen and oxygen atoms in total. The number of oxazole rings is 1. The fourth-order valence-electron chi connectivity index (χ4n) is 1.63. The van der Waals surface area contributed by atoms with Crippen LogP contribution in [0.3, 0.4) is 0 Å². The SMILES string of the molecule is Cc1cnc(C(C)Nc2cc([N+](=O)[O-])cc(NN)n2)o1. The smallest absolute Gasteiger partial charge is 0.276 e. The van der Waals surface area contributed by atoms with Gasteiger partial charge in [-0.2, -0.15) is 0 Å². The molecule has 1 atom stereocenters. The number of nitrogens with zero attached hydrogens (tertiary/aromatic N) is 3. The highest BCUT2D eigenvalue weighted by molar-refractivity contribution is 5.54. The van der Waals surface area contributed by atoms with Crippen molar-refractivity contribution in [1.82, 2.24) is 9.97 Å². The molecule has 20 heavy (non-hydrogen) atoms. The van der Waals surface area contributed by atoms with Crippen LogP contribution in [-0.4, -0.2) is 14.9 Å². The van der Waals surface area contributed by atoms with Crippen LogP contribution in [0.5, 0.6) is 0 Å². The molecule has 106 valence electrons. The molecule has 0 saturated heterocycles. The second kappa shape index (κ2) is 5.53. The molecule has 0 spiro atoms. The van der Waals surface area contributed by atoms with E-state index in [0.717, 1.165) is 0 Å². The van der Waals surface area contributed by atoms with Crippen LogP contribution in [0, 0.1) is 17.0 Å². The first-order valence-electron chi connectivity index (χ1n) is 5.81. The van der Waals surface area contributed by atoms with Crippen molar-refractivity contribution in [3.63, 3.8) is 0 Å². The second-order valence-electron chi connectivity index (χ2n) is 4.17.